The van der Waals surface area contributed by atoms with E-state index >= 15 is 0 Å². The van der Waals surface area contributed by atoms with Gasteiger partial charge in [0.2, 0.25) is 0 Å². The van der Waals surface area contributed by atoms with Crippen molar-refractivity contribution >= 4 is 28.9 Å². The third kappa shape index (κ3) is 4.04. The number of carbonyl (C=O) groups excluding carboxylic acids is 2. The van der Waals surface area contributed by atoms with Crippen LogP contribution in [0.1, 0.15) is 26.9 Å². The Hall–Kier alpha value is -4.15. The second-order valence-electron chi connectivity index (χ2n) is 7.39. The molecule has 1 saturated heterocycles. The highest BCUT2D eigenvalue weighted by Crippen LogP contribution is 2.31. The molecule has 5 rings (SSSR count). The highest BCUT2D eigenvalue weighted by atomic mass is 16.6. The summed E-state index contributed by atoms with van der Waals surface area (Å²) in [5.41, 5.74) is 1.52. The smallest absolute Gasteiger partial charge is 0.338 e. The largest absolute Gasteiger partial charge is 0.451 e. The molecule has 4 aromatic rings. The predicted molar refractivity (Wildman–Crippen MR) is 116 cm³/mol. The highest BCUT2D eigenvalue weighted by Gasteiger charge is 2.41. The van der Waals surface area contributed by atoms with E-state index in [9.17, 15) is 14.7 Å². The van der Waals surface area contributed by atoms with Crippen molar-refractivity contribution in [2.75, 3.05) is 11.9 Å². The van der Waals surface area contributed by atoms with Crippen LogP contribution in [0, 0.1) is 0 Å². The molecule has 0 bridgehead atoms. The van der Waals surface area contributed by atoms with Crippen LogP contribution in [0.15, 0.2) is 73.3 Å². The van der Waals surface area contributed by atoms with Crippen molar-refractivity contribution in [1.29, 1.82) is 0 Å². The Morgan fingerprint density at radius 1 is 1.00 bits per heavy atom. The number of carbonyl (C=O) groups is 2. The zero-order valence-corrected chi connectivity index (χ0v) is 17.2. The Bertz CT molecular complexity index is 1290. The van der Waals surface area contributed by atoms with Gasteiger partial charge in [-0.25, -0.2) is 19.7 Å². The number of hydrogen-bond donors (Lipinski definition) is 2. The van der Waals surface area contributed by atoms with E-state index in [1.54, 1.807) is 59.2 Å². The predicted octanol–water partition coefficient (Wildman–Crippen LogP) is 2.19. The molecule has 2 aromatic carbocycles. The molecule has 1 fully saturated rings. The number of aromatic nitrogens is 4. The minimum absolute atomic E-state index is 0.0280. The molecule has 1 amide bonds. The number of esters is 1. The fraction of sp³-hybridized carbons (Fsp3) is 0.174. The van der Waals surface area contributed by atoms with Gasteiger partial charge >= 0.3 is 5.97 Å². The summed E-state index contributed by atoms with van der Waals surface area (Å²) in [7, 11) is 0. The standard InChI is InChI=1S/C23H19N5O5/c29-16-11-32-22(18(16)33-23(31)15-9-5-2-6-10-15)28-13-26-17-19(24-12-25-20(17)28)27-21(30)14-7-3-1-4-8-14/h1-10,12-13,16,18,22,29H,11H2,(H,24,25,27,30)/t16-,18+,22+/m0/s1. The number of nitrogens with one attached hydrogen (secondary N) is 1. The van der Waals surface area contributed by atoms with Crippen molar-refractivity contribution in [2.24, 2.45) is 0 Å². The zero-order chi connectivity index (χ0) is 22.8. The van der Waals surface area contributed by atoms with E-state index in [0.717, 1.165) is 0 Å². The zero-order valence-electron chi connectivity index (χ0n) is 17.2. The summed E-state index contributed by atoms with van der Waals surface area (Å²) in [6.45, 7) is -0.0280. The Labute approximate surface area is 187 Å². The van der Waals surface area contributed by atoms with E-state index in [0.29, 0.717) is 22.3 Å². The maximum Gasteiger partial charge on any atom is 0.338 e. The SMILES string of the molecule is O=C(Nc1ncnc2c1ncn2[C@@H]1OC[C@H](O)[C@H]1OC(=O)c1ccccc1)c1ccccc1. The molecule has 0 unspecified atom stereocenters. The molecule has 0 saturated carbocycles. The average Bonchev–Trinajstić information content (AvgIpc) is 3.44. The Balaban J connectivity index is 1.42. The second-order valence-corrected chi connectivity index (χ2v) is 7.39. The van der Waals surface area contributed by atoms with Gasteiger partial charge in [0.1, 0.15) is 12.4 Å². The number of benzene rings is 2. The number of amides is 1. The lowest BCUT2D eigenvalue weighted by Crippen LogP contribution is -2.33. The maximum atomic E-state index is 12.6. The van der Waals surface area contributed by atoms with E-state index in [-0.39, 0.29) is 18.3 Å². The van der Waals surface area contributed by atoms with Crippen molar-refractivity contribution in [2.45, 2.75) is 18.4 Å². The number of rotatable bonds is 5. The number of ether oxygens (including phenoxy) is 2. The molecule has 2 N–H and O–H groups in total. The van der Waals surface area contributed by atoms with Crippen LogP contribution >= 0.6 is 0 Å². The number of imidazole rings is 1. The molecule has 1 aliphatic rings. The quantitative estimate of drug-likeness (QED) is 0.448. The Kier molecular flexibility index (Phi) is 5.51. The Morgan fingerprint density at radius 3 is 2.42 bits per heavy atom. The molecule has 2 aromatic heterocycles. The number of anilines is 1. The van der Waals surface area contributed by atoms with E-state index < -0.39 is 24.4 Å². The fourth-order valence-electron chi connectivity index (χ4n) is 3.62. The lowest BCUT2D eigenvalue weighted by Gasteiger charge is -2.22. The monoisotopic (exact) mass is 445 g/mol. The van der Waals surface area contributed by atoms with Crippen molar-refractivity contribution in [3.63, 3.8) is 0 Å². The summed E-state index contributed by atoms with van der Waals surface area (Å²) < 4.78 is 12.8. The number of hydrogen-bond acceptors (Lipinski definition) is 8. The first-order chi connectivity index (χ1) is 16.1. The average molecular weight is 445 g/mol. The summed E-state index contributed by atoms with van der Waals surface area (Å²) in [5, 5.41) is 13.1. The third-order valence-electron chi connectivity index (χ3n) is 5.25. The van der Waals surface area contributed by atoms with Crippen LogP contribution < -0.4 is 5.32 Å². The number of aliphatic hydroxyl groups excluding tert-OH is 1. The normalized spacial score (nSPS) is 20.0. The van der Waals surface area contributed by atoms with Crippen LogP contribution in [-0.2, 0) is 9.47 Å². The lowest BCUT2D eigenvalue weighted by molar-refractivity contribution is -0.0405. The molecule has 0 spiro atoms. The second kappa shape index (κ2) is 8.77. The van der Waals surface area contributed by atoms with Gasteiger partial charge in [0.15, 0.2) is 29.3 Å². The third-order valence-corrected chi connectivity index (χ3v) is 5.25. The summed E-state index contributed by atoms with van der Waals surface area (Å²) in [4.78, 5) is 37.8. The van der Waals surface area contributed by atoms with E-state index in [1.165, 1.54) is 12.7 Å². The highest BCUT2D eigenvalue weighted by molar-refractivity contribution is 6.06. The minimum atomic E-state index is -1.03. The van der Waals surface area contributed by atoms with Gasteiger partial charge in [-0.05, 0) is 24.3 Å². The van der Waals surface area contributed by atoms with Crippen molar-refractivity contribution < 1.29 is 24.2 Å². The van der Waals surface area contributed by atoms with E-state index in [2.05, 4.69) is 20.3 Å². The van der Waals surface area contributed by atoms with Gasteiger partial charge in [-0.2, -0.15) is 0 Å². The molecule has 0 aliphatic carbocycles. The van der Waals surface area contributed by atoms with Crippen LogP contribution in [0.2, 0.25) is 0 Å². The molecule has 3 heterocycles. The van der Waals surface area contributed by atoms with Gasteiger partial charge in [0.25, 0.3) is 5.91 Å². The van der Waals surface area contributed by atoms with E-state index in [1.807, 2.05) is 6.07 Å². The van der Waals surface area contributed by atoms with Gasteiger partial charge in [-0.1, -0.05) is 36.4 Å². The van der Waals surface area contributed by atoms with Crippen LogP contribution in [0.5, 0.6) is 0 Å². The molecule has 3 atom stereocenters. The van der Waals surface area contributed by atoms with Crippen LogP contribution in [0.25, 0.3) is 11.2 Å². The van der Waals surface area contributed by atoms with Gasteiger partial charge in [-0.3, -0.25) is 9.36 Å². The van der Waals surface area contributed by atoms with Gasteiger partial charge in [-0.15, -0.1) is 0 Å². The molecule has 10 nitrogen and oxygen atoms in total. The molecular formula is C23H19N5O5. The summed E-state index contributed by atoms with van der Waals surface area (Å²) in [5.74, 6) is -0.693. The molecule has 0 radical (unpaired) electrons. The first kappa shape index (κ1) is 20.7. The van der Waals surface area contributed by atoms with Crippen molar-refractivity contribution in [3.05, 3.63) is 84.4 Å². The van der Waals surface area contributed by atoms with Gasteiger partial charge < -0.3 is 19.9 Å². The minimum Gasteiger partial charge on any atom is -0.451 e. The molecule has 1 aliphatic heterocycles. The Morgan fingerprint density at radius 2 is 1.70 bits per heavy atom. The summed E-state index contributed by atoms with van der Waals surface area (Å²) in [6.07, 6.45) is -0.127. The number of nitrogens with zero attached hydrogens (tertiary/aromatic N) is 4. The maximum absolute atomic E-state index is 12.6. The molecule has 10 heteroatoms. The number of aliphatic hydroxyl groups is 1. The molecule has 33 heavy (non-hydrogen) atoms. The van der Waals surface area contributed by atoms with E-state index in [4.69, 9.17) is 9.47 Å². The van der Waals surface area contributed by atoms with Crippen molar-refractivity contribution in [3.8, 4) is 0 Å². The molecular weight excluding hydrogens is 426 g/mol. The van der Waals surface area contributed by atoms with Gasteiger partial charge in [0, 0.05) is 5.56 Å². The van der Waals surface area contributed by atoms with Crippen molar-refractivity contribution in [1.82, 2.24) is 19.5 Å². The topological polar surface area (TPSA) is 128 Å². The number of fused-ring (bicyclic) bond motifs is 1. The van der Waals surface area contributed by atoms with Gasteiger partial charge in [0.05, 0.1) is 18.5 Å². The molecule has 166 valence electrons. The van der Waals surface area contributed by atoms with Crippen LogP contribution in [0.3, 0.4) is 0 Å². The first-order valence-electron chi connectivity index (χ1n) is 10.2. The van der Waals surface area contributed by atoms with Crippen LogP contribution in [0.4, 0.5) is 5.82 Å². The lowest BCUT2D eigenvalue weighted by atomic mass is 10.2. The fourth-order valence-corrected chi connectivity index (χ4v) is 3.62. The summed E-state index contributed by atoms with van der Waals surface area (Å²) in [6, 6.07) is 17.2. The summed E-state index contributed by atoms with van der Waals surface area (Å²) >= 11 is 0. The first-order valence-corrected chi connectivity index (χ1v) is 10.2. The van der Waals surface area contributed by atoms with Crippen LogP contribution in [-0.4, -0.2) is 55.3 Å².